The standard InChI is InChI=1S/C14H17FN2O4S/c1-13(2)11(16-12(18)19)17-14(3,8-22(13,20)21)9-6-4-5-7-10(9)15/h4-7H,8H2,1-3H3,(H,16,17)(H,18,19). The van der Waals surface area contributed by atoms with Gasteiger partial charge in [0.25, 0.3) is 0 Å². The summed E-state index contributed by atoms with van der Waals surface area (Å²) >= 11 is 0. The first-order valence-corrected chi connectivity index (χ1v) is 8.22. The zero-order valence-corrected chi connectivity index (χ0v) is 13.2. The Morgan fingerprint density at radius 1 is 1.32 bits per heavy atom. The van der Waals surface area contributed by atoms with Crippen molar-refractivity contribution < 1.29 is 22.7 Å². The molecule has 22 heavy (non-hydrogen) atoms. The number of hydrogen-bond acceptors (Lipinski definition) is 4. The van der Waals surface area contributed by atoms with Crippen LogP contribution in [-0.2, 0) is 15.4 Å². The van der Waals surface area contributed by atoms with Crippen LogP contribution in [0.2, 0.25) is 0 Å². The summed E-state index contributed by atoms with van der Waals surface area (Å²) in [5, 5.41) is 10.9. The van der Waals surface area contributed by atoms with Crippen molar-refractivity contribution in [3.8, 4) is 0 Å². The number of carboxylic acid groups (broad SMARTS) is 1. The van der Waals surface area contributed by atoms with Gasteiger partial charge < -0.3 is 5.11 Å². The first-order chi connectivity index (χ1) is 9.99. The largest absolute Gasteiger partial charge is 0.465 e. The van der Waals surface area contributed by atoms with Gasteiger partial charge in [-0.05, 0) is 26.8 Å². The van der Waals surface area contributed by atoms with Gasteiger partial charge in [0, 0.05) is 5.56 Å². The van der Waals surface area contributed by atoms with E-state index in [2.05, 4.69) is 4.99 Å². The molecule has 2 N–H and O–H groups in total. The predicted molar refractivity (Wildman–Crippen MR) is 80.2 cm³/mol. The number of carbonyl (C=O) groups is 1. The van der Waals surface area contributed by atoms with E-state index in [0.29, 0.717) is 0 Å². The van der Waals surface area contributed by atoms with Gasteiger partial charge in [0.1, 0.15) is 21.9 Å². The lowest BCUT2D eigenvalue weighted by Gasteiger charge is -2.38. The molecule has 120 valence electrons. The highest BCUT2D eigenvalue weighted by Crippen LogP contribution is 2.37. The Morgan fingerprint density at radius 3 is 2.45 bits per heavy atom. The van der Waals surface area contributed by atoms with Crippen LogP contribution in [0.3, 0.4) is 0 Å². The summed E-state index contributed by atoms with van der Waals surface area (Å²) in [4.78, 5) is 15.2. The van der Waals surface area contributed by atoms with Gasteiger partial charge >= 0.3 is 6.09 Å². The zero-order valence-electron chi connectivity index (χ0n) is 12.4. The summed E-state index contributed by atoms with van der Waals surface area (Å²) in [6.45, 7) is 4.22. The molecule has 1 aromatic carbocycles. The molecule has 1 aliphatic rings. The van der Waals surface area contributed by atoms with E-state index in [-0.39, 0.29) is 11.4 Å². The van der Waals surface area contributed by atoms with E-state index in [1.807, 2.05) is 5.32 Å². The summed E-state index contributed by atoms with van der Waals surface area (Å²) < 4.78 is 37.7. The molecule has 0 radical (unpaired) electrons. The number of rotatable bonds is 1. The smallest absolute Gasteiger partial charge is 0.410 e. The lowest BCUT2D eigenvalue weighted by molar-refractivity contribution is 0.199. The monoisotopic (exact) mass is 328 g/mol. The molecule has 1 heterocycles. The van der Waals surface area contributed by atoms with Gasteiger partial charge in [-0.3, -0.25) is 10.3 Å². The first kappa shape index (κ1) is 16.4. The molecule has 0 aromatic heterocycles. The van der Waals surface area contributed by atoms with Crippen LogP contribution in [0.5, 0.6) is 0 Å². The van der Waals surface area contributed by atoms with Crippen molar-refractivity contribution in [2.24, 2.45) is 4.99 Å². The van der Waals surface area contributed by atoms with Crippen LogP contribution in [0, 0.1) is 5.82 Å². The SMILES string of the molecule is CC1(c2ccccc2F)CS(=O)(=O)C(C)(C)C(NC(=O)O)=N1. The van der Waals surface area contributed by atoms with Crippen LogP contribution in [0.4, 0.5) is 9.18 Å². The van der Waals surface area contributed by atoms with E-state index in [1.165, 1.54) is 39.0 Å². The minimum absolute atomic E-state index is 0.110. The maximum absolute atomic E-state index is 14.1. The Morgan fingerprint density at radius 2 is 1.91 bits per heavy atom. The Bertz CT molecular complexity index is 758. The summed E-state index contributed by atoms with van der Waals surface area (Å²) in [5.74, 6) is -1.20. The van der Waals surface area contributed by atoms with Crippen LogP contribution in [0.25, 0.3) is 0 Å². The molecule has 0 saturated carbocycles. The molecule has 1 amide bonds. The van der Waals surface area contributed by atoms with Gasteiger partial charge in [0.2, 0.25) is 0 Å². The minimum atomic E-state index is -3.75. The van der Waals surface area contributed by atoms with Crippen LogP contribution >= 0.6 is 0 Å². The molecular weight excluding hydrogens is 311 g/mol. The third-order valence-corrected chi connectivity index (χ3v) is 6.55. The Labute approximate surface area is 128 Å². The normalized spacial score (nSPS) is 26.1. The average Bonchev–Trinajstić information content (AvgIpc) is 2.35. The summed E-state index contributed by atoms with van der Waals surface area (Å²) in [6, 6.07) is 5.73. The highest BCUT2D eigenvalue weighted by Gasteiger charge is 2.50. The minimum Gasteiger partial charge on any atom is -0.465 e. The summed E-state index contributed by atoms with van der Waals surface area (Å²) in [6.07, 6.45) is -1.42. The molecule has 1 unspecified atom stereocenters. The molecule has 1 aliphatic heterocycles. The van der Waals surface area contributed by atoms with Crippen LogP contribution in [0.15, 0.2) is 29.3 Å². The highest BCUT2D eigenvalue weighted by molar-refractivity contribution is 7.93. The lowest BCUT2D eigenvalue weighted by atomic mass is 9.93. The zero-order chi connectivity index (χ0) is 16.8. The topological polar surface area (TPSA) is 95.8 Å². The van der Waals surface area contributed by atoms with Crippen molar-refractivity contribution >= 4 is 21.8 Å². The number of nitrogens with one attached hydrogen (secondary N) is 1. The number of aliphatic imine (C=N–C) groups is 1. The number of halogens is 1. The molecule has 2 rings (SSSR count). The van der Waals surface area contributed by atoms with Crippen molar-refractivity contribution in [3.05, 3.63) is 35.6 Å². The summed E-state index contributed by atoms with van der Waals surface area (Å²) in [7, 11) is -3.75. The average molecular weight is 328 g/mol. The number of amidine groups is 1. The number of sulfone groups is 1. The van der Waals surface area contributed by atoms with Crippen molar-refractivity contribution in [1.29, 1.82) is 0 Å². The van der Waals surface area contributed by atoms with E-state index in [9.17, 15) is 17.6 Å². The molecule has 0 aliphatic carbocycles. The molecule has 0 saturated heterocycles. The van der Waals surface area contributed by atoms with E-state index in [0.717, 1.165) is 0 Å². The molecular formula is C14H17FN2O4S. The third-order valence-electron chi connectivity index (χ3n) is 3.86. The van der Waals surface area contributed by atoms with E-state index < -0.39 is 37.8 Å². The Kier molecular flexibility index (Phi) is 3.76. The molecule has 0 spiro atoms. The van der Waals surface area contributed by atoms with Gasteiger partial charge in [-0.1, -0.05) is 18.2 Å². The fourth-order valence-corrected chi connectivity index (χ4v) is 4.14. The van der Waals surface area contributed by atoms with Crippen molar-refractivity contribution in [2.75, 3.05) is 5.75 Å². The lowest BCUT2D eigenvalue weighted by Crippen LogP contribution is -2.57. The first-order valence-electron chi connectivity index (χ1n) is 6.57. The second kappa shape index (κ2) is 5.05. The molecule has 8 heteroatoms. The maximum atomic E-state index is 14.1. The molecule has 0 bridgehead atoms. The van der Waals surface area contributed by atoms with E-state index in [1.54, 1.807) is 6.07 Å². The van der Waals surface area contributed by atoms with Crippen molar-refractivity contribution in [3.63, 3.8) is 0 Å². The van der Waals surface area contributed by atoms with Crippen LogP contribution < -0.4 is 5.32 Å². The van der Waals surface area contributed by atoms with Crippen LogP contribution in [0.1, 0.15) is 26.3 Å². The summed E-state index contributed by atoms with van der Waals surface area (Å²) in [5.41, 5.74) is -1.28. The van der Waals surface area contributed by atoms with Crippen molar-refractivity contribution in [2.45, 2.75) is 31.1 Å². The molecule has 0 fully saturated rings. The molecule has 1 aromatic rings. The highest BCUT2D eigenvalue weighted by atomic mass is 32.2. The van der Waals surface area contributed by atoms with Crippen LogP contribution in [-0.4, -0.2) is 36.0 Å². The second-order valence-corrected chi connectivity index (χ2v) is 8.45. The second-order valence-electron chi connectivity index (χ2n) is 5.91. The molecule has 6 nitrogen and oxygen atoms in total. The van der Waals surface area contributed by atoms with Gasteiger partial charge in [0.05, 0.1) is 5.75 Å². The number of amides is 1. The third kappa shape index (κ3) is 2.58. The quantitative estimate of drug-likeness (QED) is 0.823. The molecule has 1 atom stereocenters. The van der Waals surface area contributed by atoms with Gasteiger partial charge in [0.15, 0.2) is 9.84 Å². The fourth-order valence-electron chi connectivity index (χ4n) is 2.43. The Balaban J connectivity index is 2.68. The van der Waals surface area contributed by atoms with E-state index in [4.69, 9.17) is 5.11 Å². The Hall–Kier alpha value is -1.96. The van der Waals surface area contributed by atoms with Crippen molar-refractivity contribution in [1.82, 2.24) is 5.32 Å². The maximum Gasteiger partial charge on any atom is 0.410 e. The van der Waals surface area contributed by atoms with Gasteiger partial charge in [-0.15, -0.1) is 0 Å². The fraction of sp³-hybridized carbons (Fsp3) is 0.429. The number of nitrogens with zero attached hydrogens (tertiary/aromatic N) is 1. The number of hydrogen-bond donors (Lipinski definition) is 2. The van der Waals surface area contributed by atoms with Gasteiger partial charge in [-0.2, -0.15) is 0 Å². The van der Waals surface area contributed by atoms with Gasteiger partial charge in [-0.25, -0.2) is 17.6 Å². The van der Waals surface area contributed by atoms with E-state index >= 15 is 0 Å². The number of benzene rings is 1. The predicted octanol–water partition coefficient (Wildman–Crippen LogP) is 1.91.